The van der Waals surface area contributed by atoms with Gasteiger partial charge in [-0.1, -0.05) is 6.42 Å². The van der Waals surface area contributed by atoms with Crippen molar-refractivity contribution in [3.05, 3.63) is 0 Å². The number of nitrogens with zero attached hydrogens (tertiary/aromatic N) is 2. The van der Waals surface area contributed by atoms with Crippen LogP contribution in [-0.2, 0) is 4.79 Å². The van der Waals surface area contributed by atoms with Crippen LogP contribution in [0, 0.1) is 5.92 Å². The molecule has 1 aliphatic heterocycles. The van der Waals surface area contributed by atoms with Gasteiger partial charge in [0.1, 0.15) is 0 Å². The first-order valence-electron chi connectivity index (χ1n) is 3.99. The maximum atomic E-state index is 10.9. The first kappa shape index (κ1) is 6.70. The summed E-state index contributed by atoms with van der Waals surface area (Å²) in [6.45, 7) is 0. The molecule has 0 radical (unpaired) electrons. The average molecular weight is 150 g/mol. The second kappa shape index (κ2) is 2.57. The molecule has 0 aromatic heterocycles. The van der Waals surface area contributed by atoms with E-state index in [4.69, 9.17) is 0 Å². The van der Waals surface area contributed by atoms with Crippen LogP contribution in [0.3, 0.4) is 0 Å². The second-order valence-corrected chi connectivity index (χ2v) is 3.11. The van der Waals surface area contributed by atoms with Crippen molar-refractivity contribution in [3.63, 3.8) is 0 Å². The lowest BCUT2D eigenvalue weighted by molar-refractivity contribution is -0.111. The quantitative estimate of drug-likeness (QED) is 0.553. The maximum absolute atomic E-state index is 10.9. The van der Waals surface area contributed by atoms with Gasteiger partial charge < -0.3 is 0 Å². The van der Waals surface area contributed by atoms with Crippen LogP contribution in [0.25, 0.3) is 0 Å². The molecule has 1 fully saturated rings. The van der Waals surface area contributed by atoms with Crippen LogP contribution in [-0.4, -0.2) is 17.7 Å². The molecule has 11 heavy (non-hydrogen) atoms. The van der Waals surface area contributed by atoms with Gasteiger partial charge in [-0.05, 0) is 18.8 Å². The van der Waals surface area contributed by atoms with Gasteiger partial charge in [-0.3, -0.25) is 4.79 Å². The van der Waals surface area contributed by atoms with Crippen molar-refractivity contribution in [3.8, 4) is 0 Å². The van der Waals surface area contributed by atoms with Gasteiger partial charge in [0.25, 0.3) is 0 Å². The first-order chi connectivity index (χ1) is 5.36. The summed E-state index contributed by atoms with van der Waals surface area (Å²) in [7, 11) is 0. The summed E-state index contributed by atoms with van der Waals surface area (Å²) in [5, 5.41) is 7.62. The third-order valence-corrected chi connectivity index (χ3v) is 2.32. The number of Topliss-reactive ketones (excluding diaryl/α,β-unsaturated/α-hetero) is 1. The van der Waals surface area contributed by atoms with Gasteiger partial charge in [0.05, 0.1) is 18.3 Å². The Balaban J connectivity index is 2.07. The van der Waals surface area contributed by atoms with Crippen molar-refractivity contribution in [1.29, 1.82) is 0 Å². The van der Waals surface area contributed by atoms with Crippen molar-refractivity contribution in [2.45, 2.75) is 25.7 Å². The summed E-state index contributed by atoms with van der Waals surface area (Å²) < 4.78 is 0. The fourth-order valence-corrected chi connectivity index (χ4v) is 1.39. The lowest BCUT2D eigenvalue weighted by atomic mass is 9.80. The van der Waals surface area contributed by atoms with E-state index in [2.05, 4.69) is 10.2 Å². The molecule has 3 nitrogen and oxygen atoms in total. The highest BCUT2D eigenvalue weighted by atomic mass is 16.1. The van der Waals surface area contributed by atoms with Crippen LogP contribution < -0.4 is 0 Å². The zero-order valence-corrected chi connectivity index (χ0v) is 6.29. The summed E-state index contributed by atoms with van der Waals surface area (Å²) in [6.07, 6.45) is 5.49. The molecule has 58 valence electrons. The van der Waals surface area contributed by atoms with Gasteiger partial charge in [0, 0.05) is 0 Å². The Kier molecular flexibility index (Phi) is 1.56. The third-order valence-electron chi connectivity index (χ3n) is 2.32. The zero-order valence-electron chi connectivity index (χ0n) is 6.29. The Bertz CT molecular complexity index is 238. The minimum Gasteiger partial charge on any atom is -0.293 e. The summed E-state index contributed by atoms with van der Waals surface area (Å²) in [4.78, 5) is 10.9. The van der Waals surface area contributed by atoms with Crippen molar-refractivity contribution in [2.75, 3.05) is 0 Å². The third kappa shape index (κ3) is 1.23. The van der Waals surface area contributed by atoms with E-state index >= 15 is 0 Å². The highest BCUT2D eigenvalue weighted by molar-refractivity contribution is 6.33. The minimum atomic E-state index is 0.0990. The van der Waals surface area contributed by atoms with Gasteiger partial charge in [0.15, 0.2) is 5.78 Å². The molecule has 0 spiro atoms. The maximum Gasteiger partial charge on any atom is 0.181 e. The highest BCUT2D eigenvalue weighted by Gasteiger charge is 2.25. The van der Waals surface area contributed by atoms with E-state index < -0.39 is 0 Å². The summed E-state index contributed by atoms with van der Waals surface area (Å²) in [6, 6.07) is 0. The number of carbonyl (C=O) groups excluding carboxylic acids is 1. The largest absolute Gasteiger partial charge is 0.293 e. The average Bonchev–Trinajstić information content (AvgIpc) is 1.83. The summed E-state index contributed by atoms with van der Waals surface area (Å²) in [5.74, 6) is 0.665. The van der Waals surface area contributed by atoms with Gasteiger partial charge in [-0.15, -0.1) is 0 Å². The Morgan fingerprint density at radius 2 is 2.27 bits per heavy atom. The molecular weight excluding hydrogens is 140 g/mol. The molecule has 1 saturated carbocycles. The van der Waals surface area contributed by atoms with Crippen LogP contribution >= 0.6 is 0 Å². The van der Waals surface area contributed by atoms with Crippen molar-refractivity contribution < 1.29 is 4.79 Å². The second-order valence-electron chi connectivity index (χ2n) is 3.11. The molecule has 0 bridgehead atoms. The van der Waals surface area contributed by atoms with Gasteiger partial charge in [-0.25, -0.2) is 0 Å². The Morgan fingerprint density at radius 3 is 2.82 bits per heavy atom. The molecule has 0 amide bonds. The van der Waals surface area contributed by atoms with Crippen LogP contribution in [0.4, 0.5) is 0 Å². The molecule has 0 N–H and O–H groups in total. The predicted octanol–water partition coefficient (Wildman–Crippen LogP) is 1.19. The van der Waals surface area contributed by atoms with Crippen LogP contribution in [0.5, 0.6) is 0 Å². The lowest BCUT2D eigenvalue weighted by Crippen LogP contribution is -2.26. The van der Waals surface area contributed by atoms with Crippen molar-refractivity contribution in [2.24, 2.45) is 16.1 Å². The minimum absolute atomic E-state index is 0.0990. The van der Waals surface area contributed by atoms with Crippen molar-refractivity contribution in [1.82, 2.24) is 0 Å². The van der Waals surface area contributed by atoms with Crippen LogP contribution in [0.1, 0.15) is 25.7 Å². The van der Waals surface area contributed by atoms with E-state index in [0.29, 0.717) is 12.3 Å². The molecule has 2 aliphatic rings. The lowest BCUT2D eigenvalue weighted by Gasteiger charge is -2.26. The molecule has 0 aromatic rings. The Morgan fingerprint density at radius 1 is 1.45 bits per heavy atom. The zero-order chi connectivity index (χ0) is 7.68. The first-order valence-corrected chi connectivity index (χ1v) is 3.99. The van der Waals surface area contributed by atoms with Gasteiger partial charge in [0.2, 0.25) is 0 Å². The standard InChI is InChI=1S/C8H10N2O/c11-7-4-8(10-9-5-7)6-2-1-3-6/h5-6H,1-4H2. The van der Waals surface area contributed by atoms with Gasteiger partial charge >= 0.3 is 0 Å². The Hall–Kier alpha value is -0.990. The molecule has 2 rings (SSSR count). The number of rotatable bonds is 1. The van der Waals surface area contributed by atoms with Gasteiger partial charge in [-0.2, -0.15) is 10.2 Å². The molecule has 0 unspecified atom stereocenters. The summed E-state index contributed by atoms with van der Waals surface area (Å²) >= 11 is 0. The molecular formula is C8H10N2O. The number of ketones is 1. The number of hydrogen-bond acceptors (Lipinski definition) is 3. The van der Waals surface area contributed by atoms with E-state index in [0.717, 1.165) is 5.71 Å². The smallest absolute Gasteiger partial charge is 0.181 e. The fraction of sp³-hybridized carbons (Fsp3) is 0.625. The van der Waals surface area contributed by atoms with E-state index in [1.54, 1.807) is 0 Å². The monoisotopic (exact) mass is 150 g/mol. The van der Waals surface area contributed by atoms with Crippen LogP contribution in [0.15, 0.2) is 10.2 Å². The molecule has 0 saturated heterocycles. The summed E-state index contributed by atoms with van der Waals surface area (Å²) in [5.41, 5.74) is 1.00. The topological polar surface area (TPSA) is 41.8 Å². The van der Waals surface area contributed by atoms with E-state index in [9.17, 15) is 4.79 Å². The van der Waals surface area contributed by atoms with E-state index in [-0.39, 0.29) is 5.78 Å². The predicted molar refractivity (Wildman–Crippen MR) is 42.9 cm³/mol. The molecule has 1 aliphatic carbocycles. The molecule has 3 heteroatoms. The van der Waals surface area contributed by atoms with Crippen LogP contribution in [0.2, 0.25) is 0 Å². The number of hydrogen-bond donors (Lipinski definition) is 0. The van der Waals surface area contributed by atoms with E-state index in [1.807, 2.05) is 0 Å². The number of carbonyl (C=O) groups is 1. The highest BCUT2D eigenvalue weighted by Crippen LogP contribution is 2.29. The SMILES string of the molecule is O=C1C=NN=C(C2CCC2)C1. The fourth-order valence-electron chi connectivity index (χ4n) is 1.39. The normalized spacial score (nSPS) is 24.7. The molecule has 1 heterocycles. The molecule has 0 aromatic carbocycles. The van der Waals surface area contributed by atoms with Crippen molar-refractivity contribution >= 4 is 17.7 Å². The Labute approximate surface area is 65.2 Å². The van der Waals surface area contributed by atoms with E-state index in [1.165, 1.54) is 25.5 Å². The molecule has 0 atom stereocenters.